The summed E-state index contributed by atoms with van der Waals surface area (Å²) < 4.78 is 2.01. The Morgan fingerprint density at radius 2 is 1.82 bits per heavy atom. The van der Waals surface area contributed by atoms with Crippen molar-refractivity contribution in [2.75, 3.05) is 0 Å². The van der Waals surface area contributed by atoms with Crippen LogP contribution in [0.4, 0.5) is 0 Å². The molecule has 6 nitrogen and oxygen atoms in total. The van der Waals surface area contributed by atoms with Crippen LogP contribution in [0.1, 0.15) is 64.0 Å². The lowest BCUT2D eigenvalue weighted by Gasteiger charge is -2.42. The van der Waals surface area contributed by atoms with Crippen LogP contribution in [0, 0.1) is 5.92 Å². The quantitative estimate of drug-likeness (QED) is 0.382. The molecule has 178 valence electrons. The highest BCUT2D eigenvalue weighted by Crippen LogP contribution is 2.52. The first-order valence-corrected chi connectivity index (χ1v) is 12.5. The summed E-state index contributed by atoms with van der Waals surface area (Å²) in [6.07, 6.45) is 13.5. The van der Waals surface area contributed by atoms with Gasteiger partial charge < -0.3 is 11.1 Å². The second-order valence-corrected chi connectivity index (χ2v) is 8.92. The van der Waals surface area contributed by atoms with Gasteiger partial charge in [-0.25, -0.2) is 4.99 Å². The SMILES string of the molecule is CCCCCC(CC)C1(c2cn(CC)nc2-c2cccnc2)N=C(N)NC=C1c1ccccc1. The van der Waals surface area contributed by atoms with Crippen molar-refractivity contribution in [3.63, 3.8) is 0 Å². The van der Waals surface area contributed by atoms with Crippen LogP contribution in [0.2, 0.25) is 0 Å². The van der Waals surface area contributed by atoms with Gasteiger partial charge in [-0.1, -0.05) is 69.9 Å². The highest BCUT2D eigenvalue weighted by atomic mass is 15.3. The Labute approximate surface area is 203 Å². The van der Waals surface area contributed by atoms with E-state index in [0.717, 1.165) is 53.8 Å². The van der Waals surface area contributed by atoms with Gasteiger partial charge >= 0.3 is 0 Å². The normalized spacial score (nSPS) is 18.7. The third kappa shape index (κ3) is 4.49. The standard InChI is InChI=1S/C28H36N6/c1-4-7-9-16-23(5-2)28(24(19-31-27(29)32-28)21-13-10-8-11-14-21)25-20-34(6-3)33-26(25)22-15-12-17-30-18-22/h8,10-15,17-20,23H,4-7,9,16H2,1-3H3,(H3,29,31,32). The molecule has 0 spiro atoms. The fourth-order valence-corrected chi connectivity index (χ4v) is 5.12. The third-order valence-electron chi connectivity index (χ3n) is 6.83. The minimum Gasteiger partial charge on any atom is -0.370 e. The predicted octanol–water partition coefficient (Wildman–Crippen LogP) is 5.73. The highest BCUT2D eigenvalue weighted by molar-refractivity contribution is 5.90. The van der Waals surface area contributed by atoms with Crippen molar-refractivity contribution in [3.05, 3.63) is 78.4 Å². The molecule has 0 saturated heterocycles. The van der Waals surface area contributed by atoms with Crippen LogP contribution in [0.25, 0.3) is 16.8 Å². The van der Waals surface area contributed by atoms with Crippen molar-refractivity contribution >= 4 is 11.5 Å². The van der Waals surface area contributed by atoms with Gasteiger partial charge in [-0.05, 0) is 37.0 Å². The van der Waals surface area contributed by atoms with E-state index < -0.39 is 5.54 Å². The number of rotatable bonds is 10. The number of aromatic nitrogens is 3. The molecule has 3 aromatic rings. The van der Waals surface area contributed by atoms with Crippen LogP contribution in [0.15, 0.2) is 72.2 Å². The summed E-state index contributed by atoms with van der Waals surface area (Å²) in [6, 6.07) is 14.6. The van der Waals surface area contributed by atoms with E-state index in [1.54, 1.807) is 6.20 Å². The molecule has 34 heavy (non-hydrogen) atoms. The maximum absolute atomic E-state index is 6.42. The summed E-state index contributed by atoms with van der Waals surface area (Å²) in [5.41, 5.74) is 11.0. The van der Waals surface area contributed by atoms with Crippen LogP contribution in [-0.4, -0.2) is 20.7 Å². The molecule has 0 aliphatic carbocycles. The number of unbranched alkanes of at least 4 members (excludes halogenated alkanes) is 2. The minimum atomic E-state index is -0.655. The Morgan fingerprint density at radius 1 is 1.03 bits per heavy atom. The van der Waals surface area contributed by atoms with E-state index >= 15 is 0 Å². The molecule has 2 unspecified atom stereocenters. The zero-order valence-corrected chi connectivity index (χ0v) is 20.5. The van der Waals surface area contributed by atoms with E-state index in [9.17, 15) is 0 Å². The summed E-state index contributed by atoms with van der Waals surface area (Å²) in [4.78, 5) is 9.65. The van der Waals surface area contributed by atoms with Gasteiger partial charge in [0.2, 0.25) is 0 Å². The molecule has 1 aliphatic rings. The van der Waals surface area contributed by atoms with Crippen LogP contribution >= 0.6 is 0 Å². The zero-order valence-electron chi connectivity index (χ0n) is 20.5. The van der Waals surface area contributed by atoms with Gasteiger partial charge in [-0.2, -0.15) is 5.10 Å². The Bertz CT molecular complexity index is 1130. The molecule has 3 heterocycles. The van der Waals surface area contributed by atoms with Crippen molar-refractivity contribution in [3.8, 4) is 11.3 Å². The topological polar surface area (TPSA) is 81.1 Å². The van der Waals surface area contributed by atoms with Crippen LogP contribution < -0.4 is 11.1 Å². The fraction of sp³-hybridized carbons (Fsp3) is 0.393. The second-order valence-electron chi connectivity index (χ2n) is 8.92. The number of benzene rings is 1. The number of pyridine rings is 1. The molecular formula is C28H36N6. The number of guanidine groups is 1. The molecule has 1 aromatic carbocycles. The van der Waals surface area contributed by atoms with Crippen molar-refractivity contribution in [1.29, 1.82) is 0 Å². The van der Waals surface area contributed by atoms with Gasteiger partial charge in [0.25, 0.3) is 0 Å². The summed E-state index contributed by atoms with van der Waals surface area (Å²) >= 11 is 0. The van der Waals surface area contributed by atoms with Gasteiger partial charge in [0.15, 0.2) is 5.96 Å². The number of aryl methyl sites for hydroxylation is 1. The molecule has 1 aliphatic heterocycles. The third-order valence-corrected chi connectivity index (χ3v) is 6.83. The van der Waals surface area contributed by atoms with Crippen LogP contribution in [-0.2, 0) is 12.1 Å². The fourth-order valence-electron chi connectivity index (χ4n) is 5.12. The van der Waals surface area contributed by atoms with Crippen molar-refractivity contribution in [2.24, 2.45) is 16.6 Å². The van der Waals surface area contributed by atoms with E-state index in [2.05, 4.69) is 73.8 Å². The highest BCUT2D eigenvalue weighted by Gasteiger charge is 2.47. The van der Waals surface area contributed by atoms with E-state index in [1.807, 2.05) is 23.0 Å². The summed E-state index contributed by atoms with van der Waals surface area (Å²) in [6.45, 7) is 7.40. The van der Waals surface area contributed by atoms with E-state index in [-0.39, 0.29) is 5.92 Å². The van der Waals surface area contributed by atoms with Crippen molar-refractivity contribution in [1.82, 2.24) is 20.1 Å². The van der Waals surface area contributed by atoms with Crippen LogP contribution in [0.3, 0.4) is 0 Å². The molecule has 6 heteroatoms. The largest absolute Gasteiger partial charge is 0.370 e. The average molecular weight is 457 g/mol. The number of hydrogen-bond donors (Lipinski definition) is 2. The molecule has 0 radical (unpaired) electrons. The lowest BCUT2D eigenvalue weighted by Crippen LogP contribution is -2.44. The molecule has 0 fully saturated rings. The molecule has 4 rings (SSSR count). The smallest absolute Gasteiger partial charge is 0.193 e. The molecule has 0 amide bonds. The number of hydrogen-bond acceptors (Lipinski definition) is 5. The zero-order chi connectivity index (χ0) is 24.0. The lowest BCUT2D eigenvalue weighted by molar-refractivity contribution is 0.309. The maximum atomic E-state index is 6.42. The summed E-state index contributed by atoms with van der Waals surface area (Å²) in [5.74, 6) is 0.700. The number of nitrogens with one attached hydrogen (secondary N) is 1. The maximum Gasteiger partial charge on any atom is 0.193 e. The molecule has 2 aromatic heterocycles. The van der Waals surface area contributed by atoms with E-state index in [4.69, 9.17) is 15.8 Å². The van der Waals surface area contributed by atoms with Crippen LogP contribution in [0.5, 0.6) is 0 Å². The minimum absolute atomic E-state index is 0.260. The molecule has 3 N–H and O–H groups in total. The predicted molar refractivity (Wildman–Crippen MR) is 140 cm³/mol. The van der Waals surface area contributed by atoms with Crippen molar-refractivity contribution in [2.45, 2.75) is 65.0 Å². The summed E-state index contributed by atoms with van der Waals surface area (Å²) in [7, 11) is 0. The Morgan fingerprint density at radius 3 is 2.50 bits per heavy atom. The number of nitrogens with two attached hydrogens (primary N) is 1. The average Bonchev–Trinajstić information content (AvgIpc) is 3.33. The Hall–Kier alpha value is -3.41. The Kier molecular flexibility index (Phi) is 7.46. The van der Waals surface area contributed by atoms with Gasteiger partial charge in [0.05, 0.1) is 5.69 Å². The van der Waals surface area contributed by atoms with Gasteiger partial charge in [0, 0.05) is 48.0 Å². The number of nitrogens with zero attached hydrogens (tertiary/aromatic N) is 4. The van der Waals surface area contributed by atoms with Crippen molar-refractivity contribution < 1.29 is 0 Å². The lowest BCUT2D eigenvalue weighted by atomic mass is 9.67. The monoisotopic (exact) mass is 456 g/mol. The number of aliphatic imine (C=N–C) groups is 1. The van der Waals surface area contributed by atoms with Gasteiger partial charge in [-0.15, -0.1) is 0 Å². The van der Waals surface area contributed by atoms with Gasteiger partial charge in [0.1, 0.15) is 5.54 Å². The van der Waals surface area contributed by atoms with E-state index in [1.165, 1.54) is 12.8 Å². The first-order valence-electron chi connectivity index (χ1n) is 12.5. The molecular weight excluding hydrogens is 420 g/mol. The molecule has 2 atom stereocenters. The Balaban J connectivity index is 2.00. The second kappa shape index (κ2) is 10.7. The first kappa shape index (κ1) is 23.7. The summed E-state index contributed by atoms with van der Waals surface area (Å²) in [5, 5.41) is 8.21. The molecule has 0 saturated carbocycles. The first-order chi connectivity index (χ1) is 16.6. The van der Waals surface area contributed by atoms with E-state index in [0.29, 0.717) is 5.96 Å². The molecule has 0 bridgehead atoms. The van der Waals surface area contributed by atoms with Gasteiger partial charge in [-0.3, -0.25) is 9.67 Å².